The van der Waals surface area contributed by atoms with Crippen LogP contribution in [0.3, 0.4) is 0 Å². The third-order valence-corrected chi connectivity index (χ3v) is 3.29. The molecule has 100 valence electrons. The second kappa shape index (κ2) is 6.18. The number of rotatable bonds is 5. The van der Waals surface area contributed by atoms with Gasteiger partial charge in [0.15, 0.2) is 0 Å². The fourth-order valence-corrected chi connectivity index (χ4v) is 1.84. The average Bonchev–Trinajstić information content (AvgIpc) is 2.47. The van der Waals surface area contributed by atoms with E-state index in [1.165, 1.54) is 5.56 Å². The predicted molar refractivity (Wildman–Crippen MR) is 80.0 cm³/mol. The lowest BCUT2D eigenvalue weighted by Crippen LogP contribution is -1.98. The van der Waals surface area contributed by atoms with Gasteiger partial charge in [-0.3, -0.25) is 0 Å². The van der Waals surface area contributed by atoms with Crippen molar-refractivity contribution in [1.82, 2.24) is 9.97 Å². The van der Waals surface area contributed by atoms with E-state index in [0.29, 0.717) is 5.92 Å². The first-order valence-corrected chi connectivity index (χ1v) is 6.59. The summed E-state index contributed by atoms with van der Waals surface area (Å²) in [5, 5.41) is 6.27. The van der Waals surface area contributed by atoms with E-state index in [1.807, 2.05) is 13.1 Å². The van der Waals surface area contributed by atoms with Crippen molar-refractivity contribution in [2.75, 3.05) is 17.7 Å². The Morgan fingerprint density at radius 3 is 2.42 bits per heavy atom. The van der Waals surface area contributed by atoms with Crippen molar-refractivity contribution in [2.45, 2.75) is 26.2 Å². The molecule has 0 fully saturated rings. The molecule has 2 aromatic rings. The highest BCUT2D eigenvalue weighted by Crippen LogP contribution is 2.22. The number of aromatic nitrogens is 2. The predicted octanol–water partition coefficient (Wildman–Crippen LogP) is 3.78. The van der Waals surface area contributed by atoms with Crippen LogP contribution in [0.25, 0.3) is 0 Å². The fourth-order valence-electron chi connectivity index (χ4n) is 1.84. The van der Waals surface area contributed by atoms with E-state index in [0.717, 1.165) is 23.7 Å². The van der Waals surface area contributed by atoms with E-state index in [1.54, 1.807) is 6.33 Å². The molecule has 1 aromatic carbocycles. The zero-order chi connectivity index (χ0) is 13.7. The van der Waals surface area contributed by atoms with Gasteiger partial charge in [-0.15, -0.1) is 0 Å². The fraction of sp³-hybridized carbons (Fsp3) is 0.333. The summed E-state index contributed by atoms with van der Waals surface area (Å²) in [7, 11) is 1.84. The number of nitrogens with zero attached hydrogens (tertiary/aromatic N) is 2. The lowest BCUT2D eigenvalue weighted by molar-refractivity contribution is 0.734. The van der Waals surface area contributed by atoms with Crippen LogP contribution in [0.15, 0.2) is 36.7 Å². The minimum atomic E-state index is 0.601. The van der Waals surface area contributed by atoms with Gasteiger partial charge < -0.3 is 10.6 Å². The van der Waals surface area contributed by atoms with Crippen LogP contribution in [0, 0.1) is 0 Å². The van der Waals surface area contributed by atoms with Crippen molar-refractivity contribution in [3.8, 4) is 0 Å². The molecule has 1 atom stereocenters. The molecular formula is C15H20N4. The Hall–Kier alpha value is -2.10. The molecule has 0 aliphatic heterocycles. The highest BCUT2D eigenvalue weighted by Gasteiger charge is 2.03. The summed E-state index contributed by atoms with van der Waals surface area (Å²) in [6, 6.07) is 10.4. The van der Waals surface area contributed by atoms with Crippen molar-refractivity contribution >= 4 is 17.3 Å². The summed E-state index contributed by atoms with van der Waals surface area (Å²) in [5.41, 5.74) is 2.40. The quantitative estimate of drug-likeness (QED) is 0.855. The van der Waals surface area contributed by atoms with Crippen molar-refractivity contribution < 1.29 is 0 Å². The van der Waals surface area contributed by atoms with Crippen LogP contribution < -0.4 is 10.6 Å². The zero-order valence-electron chi connectivity index (χ0n) is 11.6. The minimum Gasteiger partial charge on any atom is -0.373 e. The molecule has 0 saturated carbocycles. The maximum absolute atomic E-state index is 4.19. The Kier molecular flexibility index (Phi) is 4.34. The van der Waals surface area contributed by atoms with Crippen LogP contribution in [0.1, 0.15) is 31.7 Å². The van der Waals surface area contributed by atoms with Gasteiger partial charge in [-0.05, 0) is 30.0 Å². The third-order valence-electron chi connectivity index (χ3n) is 3.29. The molecular weight excluding hydrogens is 236 g/mol. The average molecular weight is 256 g/mol. The van der Waals surface area contributed by atoms with Crippen LogP contribution in [0.4, 0.5) is 17.3 Å². The first-order chi connectivity index (χ1) is 9.22. The van der Waals surface area contributed by atoms with Gasteiger partial charge in [-0.25, -0.2) is 9.97 Å². The Morgan fingerprint density at radius 2 is 1.79 bits per heavy atom. The number of nitrogens with one attached hydrogen (secondary N) is 2. The third kappa shape index (κ3) is 3.44. The van der Waals surface area contributed by atoms with Crippen LogP contribution in [-0.2, 0) is 0 Å². The molecule has 2 rings (SSSR count). The summed E-state index contributed by atoms with van der Waals surface area (Å²) in [4.78, 5) is 8.28. The second-order valence-electron chi connectivity index (χ2n) is 4.59. The second-order valence-corrected chi connectivity index (χ2v) is 4.59. The standard InChI is InChI=1S/C15H20N4/c1-4-11(2)12-5-7-13(8-6-12)19-15-9-14(16-3)17-10-18-15/h5-11H,4H2,1-3H3,(H2,16,17,18,19). The van der Waals surface area contributed by atoms with Gasteiger partial charge in [-0.2, -0.15) is 0 Å². The van der Waals surface area contributed by atoms with Crippen molar-refractivity contribution in [1.29, 1.82) is 0 Å². The van der Waals surface area contributed by atoms with Gasteiger partial charge in [0.2, 0.25) is 0 Å². The van der Waals surface area contributed by atoms with E-state index < -0.39 is 0 Å². The number of anilines is 3. The Morgan fingerprint density at radius 1 is 1.11 bits per heavy atom. The van der Waals surface area contributed by atoms with E-state index >= 15 is 0 Å². The SMILES string of the molecule is CCC(C)c1ccc(Nc2cc(NC)ncn2)cc1. The summed E-state index contributed by atoms with van der Waals surface area (Å²) in [5.74, 6) is 2.19. The first kappa shape index (κ1) is 13.3. The maximum atomic E-state index is 4.19. The monoisotopic (exact) mass is 256 g/mol. The smallest absolute Gasteiger partial charge is 0.135 e. The molecule has 4 nitrogen and oxygen atoms in total. The molecule has 1 aromatic heterocycles. The van der Waals surface area contributed by atoms with Crippen molar-refractivity contribution in [3.05, 3.63) is 42.2 Å². The summed E-state index contributed by atoms with van der Waals surface area (Å²) in [6.07, 6.45) is 2.70. The maximum Gasteiger partial charge on any atom is 0.135 e. The summed E-state index contributed by atoms with van der Waals surface area (Å²) >= 11 is 0. The van der Waals surface area contributed by atoms with Crippen molar-refractivity contribution in [3.63, 3.8) is 0 Å². The number of hydrogen-bond acceptors (Lipinski definition) is 4. The Bertz CT molecular complexity index is 522. The molecule has 19 heavy (non-hydrogen) atoms. The van der Waals surface area contributed by atoms with E-state index in [-0.39, 0.29) is 0 Å². The van der Waals surface area contributed by atoms with E-state index in [4.69, 9.17) is 0 Å². The van der Waals surface area contributed by atoms with Gasteiger partial charge in [0.05, 0.1) is 0 Å². The summed E-state index contributed by atoms with van der Waals surface area (Å²) in [6.45, 7) is 4.45. The van der Waals surface area contributed by atoms with Crippen LogP contribution in [0.5, 0.6) is 0 Å². The zero-order valence-corrected chi connectivity index (χ0v) is 11.6. The molecule has 1 unspecified atom stereocenters. The number of benzene rings is 1. The Labute approximate surface area is 114 Å². The molecule has 4 heteroatoms. The highest BCUT2D eigenvalue weighted by molar-refractivity contribution is 5.59. The first-order valence-electron chi connectivity index (χ1n) is 6.59. The normalized spacial score (nSPS) is 11.9. The van der Waals surface area contributed by atoms with Gasteiger partial charge in [0.1, 0.15) is 18.0 Å². The molecule has 0 spiro atoms. The molecule has 0 saturated heterocycles. The largest absolute Gasteiger partial charge is 0.373 e. The van der Waals surface area contributed by atoms with Crippen molar-refractivity contribution in [2.24, 2.45) is 0 Å². The summed E-state index contributed by atoms with van der Waals surface area (Å²) < 4.78 is 0. The van der Waals surface area contributed by atoms with E-state index in [2.05, 4.69) is 58.7 Å². The van der Waals surface area contributed by atoms with Crippen LogP contribution in [0.2, 0.25) is 0 Å². The van der Waals surface area contributed by atoms with Crippen LogP contribution in [-0.4, -0.2) is 17.0 Å². The minimum absolute atomic E-state index is 0.601. The topological polar surface area (TPSA) is 49.8 Å². The molecule has 0 amide bonds. The van der Waals surface area contributed by atoms with Gasteiger partial charge in [0.25, 0.3) is 0 Å². The molecule has 0 aliphatic rings. The lowest BCUT2D eigenvalue weighted by Gasteiger charge is -2.11. The molecule has 0 radical (unpaired) electrons. The lowest BCUT2D eigenvalue weighted by atomic mass is 9.99. The number of hydrogen-bond donors (Lipinski definition) is 2. The van der Waals surface area contributed by atoms with E-state index in [9.17, 15) is 0 Å². The molecule has 0 bridgehead atoms. The van der Waals surface area contributed by atoms with Gasteiger partial charge >= 0.3 is 0 Å². The highest BCUT2D eigenvalue weighted by atomic mass is 15.1. The molecule has 1 heterocycles. The Balaban J connectivity index is 2.10. The van der Waals surface area contributed by atoms with Gasteiger partial charge in [0, 0.05) is 18.8 Å². The molecule has 2 N–H and O–H groups in total. The molecule has 0 aliphatic carbocycles. The van der Waals surface area contributed by atoms with Crippen LogP contribution >= 0.6 is 0 Å². The van der Waals surface area contributed by atoms with Gasteiger partial charge in [-0.1, -0.05) is 26.0 Å².